The SMILES string of the molecule is Cc1ncsc1-c1ccc([C@H](C)NC(=O)[C@@H]2C[C@@H](O)CN2C(=O)[C@H](c2cc(OC[C@@H]3CC[C@]4(COc5nc(N6CC7CCC(C6)N7)c6cnc7c(c6n5)C(C)c5cccc6cccc-7c56)CCCN34)no2)C(C)C)cc1. The third-order valence-corrected chi connectivity index (χ3v) is 18.6. The van der Waals surface area contributed by atoms with Gasteiger partial charge >= 0.3 is 6.01 Å². The van der Waals surface area contributed by atoms with Crippen LogP contribution in [-0.2, 0) is 9.59 Å². The van der Waals surface area contributed by atoms with Gasteiger partial charge in [0.2, 0.25) is 11.8 Å². The van der Waals surface area contributed by atoms with E-state index in [2.05, 4.69) is 73.9 Å². The van der Waals surface area contributed by atoms with Gasteiger partial charge in [-0.1, -0.05) is 81.4 Å². The van der Waals surface area contributed by atoms with E-state index in [9.17, 15) is 14.7 Å². The van der Waals surface area contributed by atoms with Crippen molar-refractivity contribution in [2.75, 3.05) is 44.3 Å². The number of fused-ring (bicyclic) bond motifs is 7. The third kappa shape index (κ3) is 8.57. The Labute approximate surface area is 446 Å². The number of hydrogen-bond acceptors (Lipinski definition) is 15. The summed E-state index contributed by atoms with van der Waals surface area (Å²) in [5, 5.41) is 25.5. The number of aromatic nitrogens is 5. The molecule has 0 spiro atoms. The number of anilines is 1. The highest BCUT2D eigenvalue weighted by Crippen LogP contribution is 2.48. The summed E-state index contributed by atoms with van der Waals surface area (Å²) in [5.41, 5.74) is 10.1. The first kappa shape index (κ1) is 49.1. The molecule has 16 nitrogen and oxygen atoms in total. The van der Waals surface area contributed by atoms with Gasteiger partial charge in [-0.3, -0.25) is 19.5 Å². The molecule has 9 atom stereocenters. The zero-order chi connectivity index (χ0) is 52.0. The summed E-state index contributed by atoms with van der Waals surface area (Å²) in [6.45, 7) is 13.7. The van der Waals surface area contributed by atoms with E-state index in [1.54, 1.807) is 17.4 Å². The summed E-state index contributed by atoms with van der Waals surface area (Å²) in [5.74, 6) is 0.121. The number of nitrogens with one attached hydrogen (secondary N) is 2. The largest absolute Gasteiger partial charge is 0.474 e. The summed E-state index contributed by atoms with van der Waals surface area (Å²) in [6.07, 6.45) is 7.55. The third-order valence-electron chi connectivity index (χ3n) is 17.7. The van der Waals surface area contributed by atoms with Crippen LogP contribution >= 0.6 is 11.3 Å². The van der Waals surface area contributed by atoms with Gasteiger partial charge in [0.25, 0.3) is 5.88 Å². The number of hydrogen-bond donors (Lipinski definition) is 3. The molecule has 9 heterocycles. The van der Waals surface area contributed by atoms with Crippen LogP contribution in [0.3, 0.4) is 0 Å². The molecule has 3 N–H and O–H groups in total. The lowest BCUT2D eigenvalue weighted by Gasteiger charge is -2.36. The molecule has 7 aromatic rings. The number of benzene rings is 3. The minimum Gasteiger partial charge on any atom is -0.474 e. The molecule has 2 bridgehead atoms. The van der Waals surface area contributed by atoms with Crippen molar-refractivity contribution in [1.82, 2.24) is 45.5 Å². The van der Waals surface area contributed by atoms with Gasteiger partial charge in [0.05, 0.1) is 50.4 Å². The Morgan fingerprint density at radius 3 is 2.55 bits per heavy atom. The number of pyridine rings is 1. The minimum atomic E-state index is -0.839. The second kappa shape index (κ2) is 19.5. The summed E-state index contributed by atoms with van der Waals surface area (Å²) in [6, 6.07) is 23.1. The van der Waals surface area contributed by atoms with E-state index in [4.69, 9.17) is 28.9 Å². The lowest BCUT2D eigenvalue weighted by Crippen LogP contribution is -2.51. The van der Waals surface area contributed by atoms with E-state index < -0.39 is 18.1 Å². The van der Waals surface area contributed by atoms with Crippen molar-refractivity contribution >= 4 is 50.6 Å². The Balaban J connectivity index is 0.693. The highest BCUT2D eigenvalue weighted by Gasteiger charge is 2.51. The minimum absolute atomic E-state index is 0.0495. The number of aliphatic hydroxyl groups excluding tert-OH is 1. The Morgan fingerprint density at radius 1 is 0.974 bits per heavy atom. The molecule has 0 saturated carbocycles. The van der Waals surface area contributed by atoms with E-state index in [1.165, 1.54) is 21.2 Å². The molecule has 1 aliphatic carbocycles. The molecule has 5 aliphatic heterocycles. The molecule has 76 heavy (non-hydrogen) atoms. The number of nitrogens with zero attached hydrogens (tertiary/aromatic N) is 8. The average Bonchev–Trinajstić information content (AvgIpc) is 4.37. The van der Waals surface area contributed by atoms with E-state index in [1.807, 2.05) is 63.7 Å². The molecule has 394 valence electrons. The van der Waals surface area contributed by atoms with Crippen LogP contribution < -0.4 is 25.0 Å². The Morgan fingerprint density at radius 2 is 1.78 bits per heavy atom. The summed E-state index contributed by atoms with van der Waals surface area (Å²) in [7, 11) is 0. The maximum Gasteiger partial charge on any atom is 0.319 e. The molecular formula is C59H66N10O6S. The van der Waals surface area contributed by atoms with Crippen molar-refractivity contribution < 1.29 is 28.7 Å². The van der Waals surface area contributed by atoms with Gasteiger partial charge < -0.3 is 39.5 Å². The summed E-state index contributed by atoms with van der Waals surface area (Å²) >= 11 is 1.60. The van der Waals surface area contributed by atoms with Crippen LogP contribution in [0.25, 0.3) is 43.4 Å². The van der Waals surface area contributed by atoms with Gasteiger partial charge in [-0.15, -0.1) is 11.3 Å². The van der Waals surface area contributed by atoms with Crippen molar-refractivity contribution in [3.8, 4) is 33.6 Å². The molecule has 5 saturated heterocycles. The topological polar surface area (TPSA) is 184 Å². The van der Waals surface area contributed by atoms with Crippen LogP contribution in [-0.4, -0.2) is 127 Å². The number of rotatable bonds is 14. The molecule has 6 aliphatic rings. The predicted molar refractivity (Wildman–Crippen MR) is 292 cm³/mol. The Bertz CT molecular complexity index is 3350. The van der Waals surface area contributed by atoms with Gasteiger partial charge in [-0.25, -0.2) is 4.98 Å². The molecule has 13 rings (SSSR count). The summed E-state index contributed by atoms with van der Waals surface area (Å²) < 4.78 is 19.2. The second-order valence-corrected chi connectivity index (χ2v) is 23.6. The average molecular weight is 1040 g/mol. The first-order chi connectivity index (χ1) is 36.9. The van der Waals surface area contributed by atoms with Crippen molar-refractivity contribution in [2.45, 2.75) is 133 Å². The standard InChI is InChI=1S/C59H66N10O6S/c1-32(2)49(57(72)68-28-42(70)23-46(68)56(71)62-34(4)36-13-15-38(16-14-36)54-35(5)61-31-76-54)47-24-48(66-75-47)73-29-41-19-21-59(20-8-22-69(41)59)30-74-58-64-53-45(55(65-58)67-26-39-17-18-40(27-67)63-39)25-60-52-44-12-7-10-37-9-6-11-43(51(37)44)33(3)50(52)53/h6-7,9-16,24-25,31-34,39-42,46,49,63,70H,8,17-23,26-30H2,1-5H3,(H,62,71)/t33?,34-,39?,40?,41-,42+,46-,49-,59-/m0/s1. The second-order valence-electron chi connectivity index (χ2n) is 22.7. The Hall–Kier alpha value is -6.53. The maximum atomic E-state index is 14.5. The van der Waals surface area contributed by atoms with Crippen molar-refractivity contribution in [3.63, 3.8) is 0 Å². The van der Waals surface area contributed by atoms with Gasteiger partial charge in [-0.05, 0) is 97.5 Å². The zero-order valence-electron chi connectivity index (χ0n) is 43.9. The van der Waals surface area contributed by atoms with Crippen molar-refractivity contribution in [1.29, 1.82) is 0 Å². The van der Waals surface area contributed by atoms with E-state index in [-0.39, 0.29) is 54.2 Å². The number of likely N-dealkylation sites (tertiary alicyclic amines) is 1. The highest BCUT2D eigenvalue weighted by atomic mass is 32.1. The quantitative estimate of drug-likeness (QED) is 0.0940. The van der Waals surface area contributed by atoms with Crippen LogP contribution in [0.15, 0.2) is 83.0 Å². The number of ether oxygens (including phenoxy) is 2. The number of β-amino-alcohol motifs (C(OH)–C–C–N with tert-alkyl or cyclic N) is 1. The van der Waals surface area contributed by atoms with Crippen molar-refractivity contribution in [3.05, 3.63) is 107 Å². The van der Waals surface area contributed by atoms with Crippen LogP contribution in [0.5, 0.6) is 11.9 Å². The Kier molecular flexibility index (Phi) is 12.6. The monoisotopic (exact) mass is 1040 g/mol. The van der Waals surface area contributed by atoms with Gasteiger partial charge in [-0.2, -0.15) is 9.97 Å². The highest BCUT2D eigenvalue weighted by molar-refractivity contribution is 7.13. The molecule has 5 fully saturated rings. The first-order valence-electron chi connectivity index (χ1n) is 27.4. The number of thiazole rings is 1. The maximum absolute atomic E-state index is 14.5. The molecule has 3 unspecified atom stereocenters. The molecular weight excluding hydrogens is 977 g/mol. The molecule has 4 aromatic heterocycles. The fourth-order valence-electron chi connectivity index (χ4n) is 13.8. The van der Waals surface area contributed by atoms with Crippen LogP contribution in [0, 0.1) is 12.8 Å². The van der Waals surface area contributed by atoms with Crippen LogP contribution in [0.1, 0.15) is 119 Å². The first-order valence-corrected chi connectivity index (χ1v) is 28.3. The predicted octanol–water partition coefficient (Wildman–Crippen LogP) is 8.70. The lowest BCUT2D eigenvalue weighted by atomic mass is 9.79. The van der Waals surface area contributed by atoms with Gasteiger partial charge in [0, 0.05) is 73.5 Å². The van der Waals surface area contributed by atoms with E-state index in [0.29, 0.717) is 42.9 Å². The molecule has 17 heteroatoms. The number of aryl methyl sites for hydroxylation is 1. The molecule has 2 amide bonds. The normalized spacial score (nSPS) is 25.6. The molecule has 0 radical (unpaired) electrons. The van der Waals surface area contributed by atoms with Crippen LogP contribution in [0.2, 0.25) is 0 Å². The molecule has 3 aromatic carbocycles. The van der Waals surface area contributed by atoms with Crippen LogP contribution in [0.4, 0.5) is 5.82 Å². The number of carbonyl (C=O) groups excluding carboxylic acids is 2. The number of aliphatic hydroxyl groups is 1. The van der Waals surface area contributed by atoms with Gasteiger partial charge in [0.1, 0.15) is 31.0 Å². The number of carbonyl (C=O) groups is 2. The van der Waals surface area contributed by atoms with Gasteiger partial charge in [0.15, 0.2) is 5.76 Å². The van der Waals surface area contributed by atoms with E-state index >= 15 is 0 Å². The van der Waals surface area contributed by atoms with Crippen molar-refractivity contribution in [2.24, 2.45) is 5.92 Å². The fraction of sp³-hybridized carbons (Fsp3) is 0.475. The summed E-state index contributed by atoms with van der Waals surface area (Å²) in [4.78, 5) is 56.2. The fourth-order valence-corrected chi connectivity index (χ4v) is 14.6. The number of amides is 2. The zero-order valence-corrected chi connectivity index (χ0v) is 44.7. The number of piperazine rings is 1. The lowest BCUT2D eigenvalue weighted by molar-refractivity contribution is -0.141. The van der Waals surface area contributed by atoms with E-state index in [0.717, 1.165) is 113 Å². The smallest absolute Gasteiger partial charge is 0.319 e.